The van der Waals surface area contributed by atoms with E-state index in [4.69, 9.17) is 4.74 Å². The zero-order valence-corrected chi connectivity index (χ0v) is 10.3. The summed E-state index contributed by atoms with van der Waals surface area (Å²) in [6.45, 7) is 1.80. The van der Waals surface area contributed by atoms with Gasteiger partial charge in [-0.05, 0) is 31.4 Å². The Bertz CT molecular complexity index is 523. The second-order valence-corrected chi connectivity index (χ2v) is 4.59. The molecule has 2 heterocycles. The van der Waals surface area contributed by atoms with Crippen LogP contribution in [0.5, 0.6) is 0 Å². The molecule has 0 spiro atoms. The highest BCUT2D eigenvalue weighted by atomic mass is 16.5. The Morgan fingerprint density at radius 2 is 2.17 bits per heavy atom. The van der Waals surface area contributed by atoms with Crippen LogP contribution in [0.2, 0.25) is 0 Å². The van der Waals surface area contributed by atoms with Crippen LogP contribution < -0.4 is 5.32 Å². The van der Waals surface area contributed by atoms with Crippen molar-refractivity contribution in [2.45, 2.75) is 25.4 Å². The monoisotopic (exact) mass is 243 g/mol. The Hall–Kier alpha value is -1.68. The molecule has 0 saturated carbocycles. The van der Waals surface area contributed by atoms with Crippen molar-refractivity contribution in [3.8, 4) is 0 Å². The third-order valence-electron chi connectivity index (χ3n) is 3.24. The molecule has 1 aliphatic heterocycles. The summed E-state index contributed by atoms with van der Waals surface area (Å²) in [4.78, 5) is 8.90. The first-order valence-corrected chi connectivity index (χ1v) is 6.49. The van der Waals surface area contributed by atoms with Gasteiger partial charge in [0.25, 0.3) is 0 Å². The number of nitrogens with one attached hydrogen (secondary N) is 1. The summed E-state index contributed by atoms with van der Waals surface area (Å²) < 4.78 is 5.59. The second-order valence-electron chi connectivity index (χ2n) is 4.59. The molecule has 0 unspecified atom stereocenters. The molecule has 94 valence electrons. The van der Waals surface area contributed by atoms with Crippen molar-refractivity contribution in [3.63, 3.8) is 0 Å². The van der Waals surface area contributed by atoms with Gasteiger partial charge in [-0.15, -0.1) is 0 Å². The van der Waals surface area contributed by atoms with Crippen LogP contribution in [0.4, 0.5) is 5.82 Å². The fourth-order valence-electron chi connectivity index (χ4n) is 2.28. The zero-order valence-electron chi connectivity index (χ0n) is 10.3. The maximum atomic E-state index is 5.59. The molecule has 0 aliphatic carbocycles. The van der Waals surface area contributed by atoms with Crippen LogP contribution in [0, 0.1) is 0 Å². The topological polar surface area (TPSA) is 47.0 Å². The van der Waals surface area contributed by atoms with E-state index in [-0.39, 0.29) is 0 Å². The van der Waals surface area contributed by atoms with Gasteiger partial charge in [-0.2, -0.15) is 0 Å². The molecule has 1 aromatic carbocycles. The summed E-state index contributed by atoms with van der Waals surface area (Å²) in [5.74, 6) is 0.840. The van der Waals surface area contributed by atoms with Crippen LogP contribution in [0.15, 0.2) is 30.5 Å². The molecule has 3 rings (SSSR count). The van der Waals surface area contributed by atoms with Crippen LogP contribution in [0.3, 0.4) is 0 Å². The smallest absolute Gasteiger partial charge is 0.145 e. The first-order chi connectivity index (χ1) is 8.92. The summed E-state index contributed by atoms with van der Waals surface area (Å²) in [5.41, 5.74) is 1.86. The van der Waals surface area contributed by atoms with Crippen molar-refractivity contribution >= 4 is 16.9 Å². The summed E-state index contributed by atoms with van der Waals surface area (Å²) in [6.07, 6.45) is 5.63. The van der Waals surface area contributed by atoms with Gasteiger partial charge in [-0.25, -0.2) is 4.98 Å². The third kappa shape index (κ3) is 2.59. The van der Waals surface area contributed by atoms with Gasteiger partial charge >= 0.3 is 0 Å². The lowest BCUT2D eigenvalue weighted by Crippen LogP contribution is -2.13. The molecule has 18 heavy (non-hydrogen) atoms. The molecule has 4 heteroatoms. The first kappa shape index (κ1) is 11.4. The van der Waals surface area contributed by atoms with Gasteiger partial charge in [-0.3, -0.25) is 4.98 Å². The minimum absolute atomic E-state index is 0.422. The highest BCUT2D eigenvalue weighted by molar-refractivity contribution is 5.75. The molecule has 1 N–H and O–H groups in total. The number of para-hydroxylation sites is 2. The van der Waals surface area contributed by atoms with Crippen molar-refractivity contribution in [3.05, 3.63) is 30.5 Å². The van der Waals surface area contributed by atoms with Gasteiger partial charge in [0.15, 0.2) is 0 Å². The number of rotatable bonds is 4. The molecule has 0 radical (unpaired) electrons. The normalized spacial score (nSPS) is 19.2. The number of ether oxygens (including phenoxy) is 1. The highest BCUT2D eigenvalue weighted by Gasteiger charge is 2.14. The van der Waals surface area contributed by atoms with Gasteiger partial charge in [0.05, 0.1) is 23.3 Å². The van der Waals surface area contributed by atoms with E-state index < -0.39 is 0 Å². The van der Waals surface area contributed by atoms with Crippen LogP contribution in [0.1, 0.15) is 19.3 Å². The van der Waals surface area contributed by atoms with E-state index in [1.54, 1.807) is 6.20 Å². The van der Waals surface area contributed by atoms with E-state index in [2.05, 4.69) is 15.3 Å². The minimum Gasteiger partial charge on any atom is -0.378 e. The van der Waals surface area contributed by atoms with E-state index in [9.17, 15) is 0 Å². The van der Waals surface area contributed by atoms with Gasteiger partial charge in [0.1, 0.15) is 5.82 Å². The predicted molar refractivity (Wildman–Crippen MR) is 71.6 cm³/mol. The average molecular weight is 243 g/mol. The van der Waals surface area contributed by atoms with E-state index in [1.807, 2.05) is 24.3 Å². The summed E-state index contributed by atoms with van der Waals surface area (Å²) in [5, 5.41) is 3.31. The van der Waals surface area contributed by atoms with Crippen LogP contribution in [0.25, 0.3) is 11.0 Å². The molecule has 1 saturated heterocycles. The second kappa shape index (κ2) is 5.31. The van der Waals surface area contributed by atoms with Crippen molar-refractivity contribution < 1.29 is 4.74 Å². The van der Waals surface area contributed by atoms with E-state index in [0.717, 1.165) is 36.4 Å². The molecule has 1 atom stereocenters. The lowest BCUT2D eigenvalue weighted by Gasteiger charge is -2.10. The number of hydrogen-bond acceptors (Lipinski definition) is 4. The zero-order chi connectivity index (χ0) is 12.2. The van der Waals surface area contributed by atoms with E-state index in [1.165, 1.54) is 12.8 Å². The quantitative estimate of drug-likeness (QED) is 0.896. The maximum absolute atomic E-state index is 5.59. The summed E-state index contributed by atoms with van der Waals surface area (Å²) >= 11 is 0. The molecule has 0 bridgehead atoms. The molecule has 1 fully saturated rings. The Morgan fingerprint density at radius 1 is 1.28 bits per heavy atom. The number of fused-ring (bicyclic) bond motifs is 1. The molecule has 2 aromatic rings. The fourth-order valence-corrected chi connectivity index (χ4v) is 2.28. The molecule has 0 amide bonds. The number of anilines is 1. The van der Waals surface area contributed by atoms with Gasteiger partial charge in [-0.1, -0.05) is 12.1 Å². The third-order valence-corrected chi connectivity index (χ3v) is 3.24. The van der Waals surface area contributed by atoms with Crippen molar-refractivity contribution in [2.24, 2.45) is 0 Å². The number of nitrogens with zero attached hydrogens (tertiary/aromatic N) is 2. The molecular formula is C14H17N3O. The summed E-state index contributed by atoms with van der Waals surface area (Å²) in [7, 11) is 0. The fraction of sp³-hybridized carbons (Fsp3) is 0.429. The Balaban J connectivity index is 1.60. The lowest BCUT2D eigenvalue weighted by atomic mass is 10.2. The number of aromatic nitrogens is 2. The Kier molecular flexibility index (Phi) is 3.37. The first-order valence-electron chi connectivity index (χ1n) is 6.49. The molecule has 4 nitrogen and oxygen atoms in total. The van der Waals surface area contributed by atoms with Crippen LogP contribution >= 0.6 is 0 Å². The Labute approximate surface area is 106 Å². The highest BCUT2D eigenvalue weighted by Crippen LogP contribution is 2.16. The Morgan fingerprint density at radius 3 is 3.00 bits per heavy atom. The van der Waals surface area contributed by atoms with Gasteiger partial charge < -0.3 is 10.1 Å². The van der Waals surface area contributed by atoms with Crippen molar-refractivity contribution in [1.29, 1.82) is 0 Å². The minimum atomic E-state index is 0.422. The van der Waals surface area contributed by atoms with Gasteiger partial charge in [0.2, 0.25) is 0 Å². The summed E-state index contributed by atoms with van der Waals surface area (Å²) in [6, 6.07) is 7.90. The van der Waals surface area contributed by atoms with Crippen molar-refractivity contribution in [1.82, 2.24) is 9.97 Å². The largest absolute Gasteiger partial charge is 0.378 e. The van der Waals surface area contributed by atoms with Crippen molar-refractivity contribution in [2.75, 3.05) is 18.5 Å². The maximum Gasteiger partial charge on any atom is 0.145 e. The molecule has 1 aliphatic rings. The molecule has 1 aromatic heterocycles. The number of hydrogen-bond donors (Lipinski definition) is 1. The van der Waals surface area contributed by atoms with E-state index in [0.29, 0.717) is 6.10 Å². The van der Waals surface area contributed by atoms with Gasteiger partial charge in [0, 0.05) is 13.2 Å². The average Bonchev–Trinajstić information content (AvgIpc) is 2.92. The lowest BCUT2D eigenvalue weighted by molar-refractivity contribution is 0.107. The number of benzene rings is 1. The SMILES string of the molecule is c1ccc2nc(NCC[C@H]3CCCO3)cnc2c1. The van der Waals surface area contributed by atoms with Crippen LogP contribution in [-0.2, 0) is 4.74 Å². The standard InChI is InChI=1S/C14H17N3O/c1-2-6-13-12(5-1)16-10-14(17-13)15-8-7-11-4-3-9-18-11/h1-2,5-6,10-11H,3-4,7-9H2,(H,15,17)/t11-/m1/s1. The van der Waals surface area contributed by atoms with Crippen LogP contribution in [-0.4, -0.2) is 29.2 Å². The molecular weight excluding hydrogens is 226 g/mol. The predicted octanol–water partition coefficient (Wildman–Crippen LogP) is 2.61. The van der Waals surface area contributed by atoms with E-state index >= 15 is 0 Å².